The highest BCUT2D eigenvalue weighted by Gasteiger charge is 2.31. The Balaban J connectivity index is 0.000000134. The number of aliphatic imine (C=N–C) groups is 1. The number of hydrogen-bond acceptors (Lipinski definition) is 12. The van der Waals surface area contributed by atoms with E-state index in [1.807, 2.05) is 183 Å². The fourth-order valence-electron chi connectivity index (χ4n) is 9.79. The van der Waals surface area contributed by atoms with Gasteiger partial charge in [0.05, 0.1) is 53.5 Å². The van der Waals surface area contributed by atoms with Crippen LogP contribution in [0.2, 0.25) is 0 Å². The third-order valence-corrected chi connectivity index (χ3v) is 13.6. The molecule has 0 spiro atoms. The molecule has 394 valence electrons. The number of ether oxygens (including phenoxy) is 5. The average Bonchev–Trinajstić information content (AvgIpc) is 3.89. The van der Waals surface area contributed by atoms with Crippen molar-refractivity contribution in [2.75, 3.05) is 37.1 Å². The largest absolute Gasteiger partial charge is 0.462 e. The van der Waals surface area contributed by atoms with Crippen LogP contribution < -0.4 is 29.5 Å². The fraction of sp³-hybridized carbons (Fsp3) is 0.121. The molecular weight excluding hydrogens is 993 g/mol. The van der Waals surface area contributed by atoms with Gasteiger partial charge in [-0.15, -0.1) is 0 Å². The summed E-state index contributed by atoms with van der Waals surface area (Å²) in [5.74, 6) is 3.62. The number of carbonyl (C=O) groups is 3. The number of anilines is 2. The zero-order valence-corrected chi connectivity index (χ0v) is 43.9. The van der Waals surface area contributed by atoms with Crippen molar-refractivity contribution in [2.24, 2.45) is 4.99 Å². The molecule has 2 atom stereocenters. The molecule has 9 aromatic rings. The molecule has 0 aromatic heterocycles. The third-order valence-electron chi connectivity index (χ3n) is 13.6. The first kappa shape index (κ1) is 52.5. The van der Waals surface area contributed by atoms with E-state index in [1.165, 1.54) is 0 Å². The molecule has 0 radical (unpaired) electrons. The van der Waals surface area contributed by atoms with E-state index >= 15 is 0 Å². The topological polar surface area (TPSA) is 148 Å². The lowest BCUT2D eigenvalue weighted by molar-refractivity contribution is 0.0516. The van der Waals surface area contributed by atoms with E-state index in [2.05, 4.69) is 35.0 Å². The van der Waals surface area contributed by atoms with Gasteiger partial charge in [-0.25, -0.2) is 20.1 Å². The van der Waals surface area contributed by atoms with Crippen LogP contribution >= 0.6 is 0 Å². The Morgan fingerprint density at radius 1 is 0.468 bits per heavy atom. The minimum Gasteiger partial charge on any atom is -0.462 e. The Morgan fingerprint density at radius 2 is 0.861 bits per heavy atom. The standard InChI is InChI=1S/C23H21NO3.C22H17NO3.C21H18N2O3/c1-3-26-23(25)17-14-12-16(13-15-17)22-18-8-4-6-10-20(18)27-21-11-7-5-9-19(21)24(22)2;1-2-25-22(24)16-13-11-15(12-14-16)21-17-7-3-5-9-19(17)26-20-10-6-4-8-18(20)23-21;1-23-17-7-3-5-9-19(17)26-18-8-4-2-6-16(18)20(23)14-10-12-15(13-11-14)21(24)22-25/h4-15,22H,3H2,1-2H3;3-14H,2H2,1H3;2-13,20,25H,1H3,(H,22,24). The average molecular weight is 1050 g/mol. The molecule has 0 bridgehead atoms. The lowest BCUT2D eigenvalue weighted by Gasteiger charge is -2.29. The van der Waals surface area contributed by atoms with Gasteiger partial charge in [0.1, 0.15) is 22.9 Å². The number of carbonyl (C=O) groups excluding carboxylic acids is 3. The number of benzene rings is 9. The summed E-state index contributed by atoms with van der Waals surface area (Å²) in [7, 11) is 4.09. The van der Waals surface area contributed by atoms with Crippen molar-refractivity contribution in [3.05, 3.63) is 268 Å². The summed E-state index contributed by atoms with van der Waals surface area (Å²) in [6.07, 6.45) is 0. The van der Waals surface area contributed by atoms with E-state index in [-0.39, 0.29) is 24.0 Å². The molecule has 3 aliphatic heterocycles. The highest BCUT2D eigenvalue weighted by molar-refractivity contribution is 6.16. The van der Waals surface area contributed by atoms with Gasteiger partial charge in [-0.2, -0.15) is 0 Å². The van der Waals surface area contributed by atoms with Crippen molar-refractivity contribution < 1.29 is 43.3 Å². The predicted molar refractivity (Wildman–Crippen MR) is 305 cm³/mol. The van der Waals surface area contributed by atoms with E-state index in [9.17, 15) is 14.4 Å². The number of rotatable bonds is 8. The summed E-state index contributed by atoms with van der Waals surface area (Å²) >= 11 is 0. The molecule has 3 heterocycles. The summed E-state index contributed by atoms with van der Waals surface area (Å²) < 4.78 is 28.6. The SMILES string of the molecule is CCOC(=O)c1ccc(C2=Nc3ccccc3Oc3ccccc32)cc1.CCOC(=O)c1ccc(C2c3ccccc3Oc3ccccc3N2C)cc1.CN1c2ccccc2Oc2ccccc2C1c1ccc(C(=O)NO)cc1. The van der Waals surface area contributed by atoms with Gasteiger partial charge >= 0.3 is 11.9 Å². The van der Waals surface area contributed by atoms with Crippen LogP contribution in [0, 0.1) is 0 Å². The maximum Gasteiger partial charge on any atom is 0.338 e. The molecule has 1 amide bonds. The quantitative estimate of drug-likeness (QED) is 0.0851. The zero-order valence-electron chi connectivity index (χ0n) is 43.9. The molecule has 3 aliphatic rings. The van der Waals surface area contributed by atoms with Gasteiger partial charge in [-0.1, -0.05) is 121 Å². The Bertz CT molecular complexity index is 3680. The van der Waals surface area contributed by atoms with Crippen LogP contribution in [-0.4, -0.2) is 56.1 Å². The number of nitrogens with one attached hydrogen (secondary N) is 1. The molecule has 9 aromatic carbocycles. The maximum absolute atomic E-state index is 12.0. The molecule has 13 nitrogen and oxygen atoms in total. The summed E-state index contributed by atoms with van der Waals surface area (Å²) in [4.78, 5) is 44.6. The highest BCUT2D eigenvalue weighted by atomic mass is 16.5. The Hall–Kier alpha value is -9.98. The van der Waals surface area contributed by atoms with Gasteiger partial charge in [-0.05, 0) is 122 Å². The van der Waals surface area contributed by atoms with E-state index in [0.717, 1.165) is 90.7 Å². The number of hydrogen-bond donors (Lipinski definition) is 2. The minimum absolute atomic E-state index is 0.0268. The number of amides is 1. The molecule has 0 aliphatic carbocycles. The van der Waals surface area contributed by atoms with Crippen molar-refractivity contribution in [1.29, 1.82) is 0 Å². The smallest absolute Gasteiger partial charge is 0.338 e. The van der Waals surface area contributed by atoms with Gasteiger partial charge in [0.15, 0.2) is 17.2 Å². The zero-order chi connectivity index (χ0) is 54.8. The number of para-hydroxylation sites is 9. The Kier molecular flexibility index (Phi) is 15.9. The summed E-state index contributed by atoms with van der Waals surface area (Å²) in [5.41, 5.74) is 12.8. The van der Waals surface area contributed by atoms with Crippen LogP contribution in [0.4, 0.5) is 17.1 Å². The van der Waals surface area contributed by atoms with Crippen LogP contribution in [0.25, 0.3) is 0 Å². The Morgan fingerprint density at radius 3 is 1.35 bits per heavy atom. The Labute approximate surface area is 458 Å². The summed E-state index contributed by atoms with van der Waals surface area (Å²) in [5, 5.41) is 8.80. The second-order valence-corrected chi connectivity index (χ2v) is 18.5. The molecule has 0 saturated carbocycles. The molecule has 0 saturated heterocycles. The number of nitrogens with zero attached hydrogens (tertiary/aromatic N) is 3. The molecule has 79 heavy (non-hydrogen) atoms. The van der Waals surface area contributed by atoms with E-state index < -0.39 is 5.91 Å². The van der Waals surface area contributed by atoms with Crippen LogP contribution in [0.3, 0.4) is 0 Å². The summed E-state index contributed by atoms with van der Waals surface area (Å²) in [6, 6.07) is 69.5. The second-order valence-electron chi connectivity index (χ2n) is 18.5. The summed E-state index contributed by atoms with van der Waals surface area (Å²) in [6.45, 7) is 4.32. The number of fused-ring (bicyclic) bond motifs is 6. The predicted octanol–water partition coefficient (Wildman–Crippen LogP) is 14.5. The van der Waals surface area contributed by atoms with Gasteiger partial charge in [0.25, 0.3) is 5.91 Å². The maximum atomic E-state index is 12.0. The fourth-order valence-corrected chi connectivity index (χ4v) is 9.79. The molecule has 2 N–H and O–H groups in total. The lowest BCUT2D eigenvalue weighted by atomic mass is 9.95. The monoisotopic (exact) mass is 1050 g/mol. The first-order valence-electron chi connectivity index (χ1n) is 25.8. The minimum atomic E-state index is -0.528. The van der Waals surface area contributed by atoms with Gasteiger partial charge in [0, 0.05) is 41.9 Å². The molecule has 12 rings (SSSR count). The van der Waals surface area contributed by atoms with Crippen LogP contribution in [0.1, 0.15) is 90.4 Å². The molecule has 0 fully saturated rings. The van der Waals surface area contributed by atoms with Crippen molar-refractivity contribution in [3.63, 3.8) is 0 Å². The van der Waals surface area contributed by atoms with E-state index in [4.69, 9.17) is 33.9 Å². The first-order chi connectivity index (χ1) is 38.6. The van der Waals surface area contributed by atoms with E-state index in [1.54, 1.807) is 43.6 Å². The normalized spacial score (nSPS) is 14.2. The van der Waals surface area contributed by atoms with Gasteiger partial charge in [0.2, 0.25) is 0 Å². The van der Waals surface area contributed by atoms with Crippen LogP contribution in [0.15, 0.2) is 223 Å². The van der Waals surface area contributed by atoms with Crippen molar-refractivity contribution >= 4 is 40.6 Å². The second kappa shape index (κ2) is 23.9. The van der Waals surface area contributed by atoms with Crippen molar-refractivity contribution in [2.45, 2.75) is 25.9 Å². The molecule has 13 heteroatoms. The third kappa shape index (κ3) is 11.3. The number of esters is 2. The van der Waals surface area contributed by atoms with Gasteiger partial charge in [-0.3, -0.25) is 10.0 Å². The van der Waals surface area contributed by atoms with Crippen molar-refractivity contribution in [1.82, 2.24) is 5.48 Å². The van der Waals surface area contributed by atoms with Crippen molar-refractivity contribution in [3.8, 4) is 34.5 Å². The molecule has 2 unspecified atom stereocenters. The first-order valence-corrected chi connectivity index (χ1v) is 25.8. The van der Waals surface area contributed by atoms with Crippen LogP contribution in [-0.2, 0) is 9.47 Å². The number of hydroxylamine groups is 1. The van der Waals surface area contributed by atoms with Gasteiger partial charge < -0.3 is 33.5 Å². The van der Waals surface area contributed by atoms with E-state index in [0.29, 0.717) is 29.9 Å². The lowest BCUT2D eigenvalue weighted by Crippen LogP contribution is -2.24. The highest BCUT2D eigenvalue weighted by Crippen LogP contribution is 2.47. The van der Waals surface area contributed by atoms with Crippen LogP contribution in [0.5, 0.6) is 34.5 Å². The molecular formula is C66H56N4O9.